The van der Waals surface area contributed by atoms with E-state index in [1.165, 1.54) is 11.1 Å². The molecule has 2 saturated heterocycles. The van der Waals surface area contributed by atoms with Crippen molar-refractivity contribution in [3.8, 4) is 0 Å². The van der Waals surface area contributed by atoms with Gasteiger partial charge in [-0.1, -0.05) is 54.6 Å². The monoisotopic (exact) mass is 449 g/mol. The molecule has 2 aromatic carbocycles. The Bertz CT molecular complexity index is 869. The zero-order valence-electron chi connectivity index (χ0n) is 20.0. The third-order valence-corrected chi connectivity index (χ3v) is 7.41. The lowest BCUT2D eigenvalue weighted by Crippen LogP contribution is -2.52. The van der Waals surface area contributed by atoms with Crippen LogP contribution in [0.15, 0.2) is 54.6 Å². The van der Waals surface area contributed by atoms with Crippen LogP contribution in [-0.2, 0) is 24.4 Å². The Kier molecular flexibility index (Phi) is 8.15. The van der Waals surface area contributed by atoms with Gasteiger partial charge in [0.05, 0.1) is 5.41 Å². The number of piperidine rings is 1. The van der Waals surface area contributed by atoms with Gasteiger partial charge in [-0.05, 0) is 49.7 Å². The van der Waals surface area contributed by atoms with Crippen LogP contribution in [0.3, 0.4) is 0 Å². The molecule has 4 rings (SSSR count). The first-order valence-corrected chi connectivity index (χ1v) is 12.3. The number of hydrogen-bond acceptors (Lipinski definition) is 5. The standard InChI is InChI=1S/C27H39N5O/c1-30-15-17-32(18-16-30)21-25-9-7-23(8-10-25)19-29-26(33)27(22-28)11-13-31(14-12-27)20-24-5-3-2-4-6-24/h2-10H,11-22,28H2,1H3,(H,29,33). The van der Waals surface area contributed by atoms with Gasteiger partial charge >= 0.3 is 0 Å². The van der Waals surface area contributed by atoms with Crippen molar-refractivity contribution in [1.29, 1.82) is 0 Å². The van der Waals surface area contributed by atoms with Crippen molar-refractivity contribution in [3.63, 3.8) is 0 Å². The summed E-state index contributed by atoms with van der Waals surface area (Å²) in [5.41, 5.74) is 9.47. The molecule has 0 radical (unpaired) electrons. The quantitative estimate of drug-likeness (QED) is 0.647. The van der Waals surface area contributed by atoms with Gasteiger partial charge in [0.25, 0.3) is 0 Å². The Balaban J connectivity index is 1.24. The number of piperazine rings is 1. The van der Waals surface area contributed by atoms with E-state index in [2.05, 4.69) is 75.6 Å². The second-order valence-corrected chi connectivity index (χ2v) is 9.82. The first-order chi connectivity index (χ1) is 16.1. The van der Waals surface area contributed by atoms with Gasteiger partial charge in [-0.25, -0.2) is 0 Å². The fourth-order valence-corrected chi connectivity index (χ4v) is 4.90. The normalized spacial score (nSPS) is 19.9. The predicted octanol–water partition coefficient (Wildman–Crippen LogP) is 2.29. The van der Waals surface area contributed by atoms with Crippen LogP contribution in [0, 0.1) is 5.41 Å². The number of rotatable bonds is 8. The summed E-state index contributed by atoms with van der Waals surface area (Å²) in [4.78, 5) is 20.4. The summed E-state index contributed by atoms with van der Waals surface area (Å²) < 4.78 is 0. The highest BCUT2D eigenvalue weighted by Crippen LogP contribution is 2.31. The highest BCUT2D eigenvalue weighted by molar-refractivity contribution is 5.83. The molecule has 0 saturated carbocycles. The lowest BCUT2D eigenvalue weighted by atomic mass is 9.77. The molecule has 3 N–H and O–H groups in total. The number of benzene rings is 2. The minimum Gasteiger partial charge on any atom is -0.352 e. The molecular formula is C27H39N5O. The Hall–Kier alpha value is -2.25. The molecule has 2 fully saturated rings. The lowest BCUT2D eigenvalue weighted by Gasteiger charge is -2.40. The fourth-order valence-electron chi connectivity index (χ4n) is 4.90. The number of likely N-dealkylation sites (tertiary alicyclic amines) is 1. The Morgan fingerprint density at radius 1 is 0.818 bits per heavy atom. The second-order valence-electron chi connectivity index (χ2n) is 9.82. The van der Waals surface area contributed by atoms with Crippen molar-refractivity contribution < 1.29 is 4.79 Å². The average molecular weight is 450 g/mol. The molecule has 6 nitrogen and oxygen atoms in total. The molecule has 0 bridgehead atoms. The van der Waals surface area contributed by atoms with Crippen molar-refractivity contribution in [2.75, 3.05) is 52.9 Å². The number of amides is 1. The first-order valence-electron chi connectivity index (χ1n) is 12.3. The van der Waals surface area contributed by atoms with E-state index in [1.807, 2.05) is 6.07 Å². The second kappa shape index (κ2) is 11.3. The zero-order chi connectivity index (χ0) is 23.1. The lowest BCUT2D eigenvalue weighted by molar-refractivity contribution is -0.133. The van der Waals surface area contributed by atoms with Crippen LogP contribution >= 0.6 is 0 Å². The zero-order valence-corrected chi connectivity index (χ0v) is 20.0. The molecule has 2 aliphatic rings. The molecule has 33 heavy (non-hydrogen) atoms. The van der Waals surface area contributed by atoms with Crippen molar-refractivity contribution in [3.05, 3.63) is 71.3 Å². The summed E-state index contributed by atoms with van der Waals surface area (Å²) in [5.74, 6) is 0.103. The van der Waals surface area contributed by atoms with Crippen LogP contribution in [-0.4, -0.2) is 73.5 Å². The topological polar surface area (TPSA) is 64.8 Å². The largest absolute Gasteiger partial charge is 0.352 e. The third-order valence-electron chi connectivity index (χ3n) is 7.41. The molecule has 2 aromatic rings. The molecular weight excluding hydrogens is 410 g/mol. The van der Waals surface area contributed by atoms with Gasteiger partial charge in [0.15, 0.2) is 0 Å². The van der Waals surface area contributed by atoms with Gasteiger partial charge in [0.1, 0.15) is 0 Å². The number of nitrogens with zero attached hydrogens (tertiary/aromatic N) is 3. The van der Waals surface area contributed by atoms with E-state index >= 15 is 0 Å². The number of nitrogens with one attached hydrogen (secondary N) is 1. The SMILES string of the molecule is CN1CCN(Cc2ccc(CNC(=O)C3(CN)CCN(Cc4ccccc4)CC3)cc2)CC1. The minimum atomic E-state index is -0.450. The van der Waals surface area contributed by atoms with E-state index in [9.17, 15) is 4.79 Å². The van der Waals surface area contributed by atoms with Crippen molar-refractivity contribution in [1.82, 2.24) is 20.0 Å². The fraction of sp³-hybridized carbons (Fsp3) is 0.519. The Labute approximate surface area is 198 Å². The maximum atomic E-state index is 13.1. The molecule has 0 spiro atoms. The van der Waals surface area contributed by atoms with E-state index in [-0.39, 0.29) is 5.91 Å². The van der Waals surface area contributed by atoms with E-state index in [0.717, 1.165) is 70.8 Å². The maximum Gasteiger partial charge on any atom is 0.227 e. The van der Waals surface area contributed by atoms with Gasteiger partial charge in [-0.3, -0.25) is 14.6 Å². The smallest absolute Gasteiger partial charge is 0.227 e. The molecule has 178 valence electrons. The van der Waals surface area contributed by atoms with Gasteiger partial charge in [0.2, 0.25) is 5.91 Å². The van der Waals surface area contributed by atoms with Crippen LogP contribution in [0.2, 0.25) is 0 Å². The molecule has 0 aliphatic carbocycles. The van der Waals surface area contributed by atoms with Gasteiger partial charge in [0, 0.05) is 52.4 Å². The number of carbonyl (C=O) groups excluding carboxylic acids is 1. The summed E-state index contributed by atoms with van der Waals surface area (Å²) in [6.45, 7) is 9.22. The molecule has 0 unspecified atom stereocenters. The first kappa shape index (κ1) is 23.9. The molecule has 6 heteroatoms. The number of nitrogens with two attached hydrogens (primary N) is 1. The van der Waals surface area contributed by atoms with E-state index in [4.69, 9.17) is 5.73 Å². The molecule has 2 heterocycles. The molecule has 2 aliphatic heterocycles. The summed E-state index contributed by atoms with van der Waals surface area (Å²) >= 11 is 0. The molecule has 0 atom stereocenters. The van der Waals surface area contributed by atoms with Gasteiger partial charge in [-0.15, -0.1) is 0 Å². The van der Waals surface area contributed by atoms with E-state index in [0.29, 0.717) is 13.1 Å². The number of carbonyl (C=O) groups is 1. The van der Waals surface area contributed by atoms with Gasteiger partial charge < -0.3 is 16.0 Å². The van der Waals surface area contributed by atoms with E-state index < -0.39 is 5.41 Å². The minimum absolute atomic E-state index is 0.103. The van der Waals surface area contributed by atoms with Crippen molar-refractivity contribution in [2.24, 2.45) is 11.1 Å². The average Bonchev–Trinajstić information content (AvgIpc) is 2.86. The number of likely N-dealkylation sites (N-methyl/N-ethyl adjacent to an activating group) is 1. The van der Waals surface area contributed by atoms with Crippen LogP contribution in [0.5, 0.6) is 0 Å². The Morgan fingerprint density at radius 3 is 1.97 bits per heavy atom. The number of hydrogen-bond donors (Lipinski definition) is 2. The summed E-state index contributed by atoms with van der Waals surface area (Å²) in [5, 5.41) is 3.18. The highest BCUT2D eigenvalue weighted by Gasteiger charge is 2.40. The Morgan fingerprint density at radius 2 is 1.36 bits per heavy atom. The third kappa shape index (κ3) is 6.42. The van der Waals surface area contributed by atoms with Crippen molar-refractivity contribution >= 4 is 5.91 Å². The van der Waals surface area contributed by atoms with Crippen LogP contribution in [0.4, 0.5) is 0 Å². The predicted molar refractivity (Wildman–Crippen MR) is 134 cm³/mol. The van der Waals surface area contributed by atoms with Gasteiger partial charge in [-0.2, -0.15) is 0 Å². The summed E-state index contributed by atoms with van der Waals surface area (Å²) in [6, 6.07) is 19.2. The summed E-state index contributed by atoms with van der Waals surface area (Å²) in [7, 11) is 2.18. The van der Waals surface area contributed by atoms with Crippen molar-refractivity contribution in [2.45, 2.75) is 32.5 Å². The molecule has 0 aromatic heterocycles. The summed E-state index contributed by atoms with van der Waals surface area (Å²) in [6.07, 6.45) is 1.62. The van der Waals surface area contributed by atoms with Crippen LogP contribution in [0.1, 0.15) is 29.5 Å². The highest BCUT2D eigenvalue weighted by atomic mass is 16.2. The van der Waals surface area contributed by atoms with E-state index in [1.54, 1.807) is 0 Å². The molecule has 1 amide bonds. The van der Waals surface area contributed by atoms with Crippen LogP contribution < -0.4 is 11.1 Å². The van der Waals surface area contributed by atoms with Crippen LogP contribution in [0.25, 0.3) is 0 Å². The maximum absolute atomic E-state index is 13.1.